The summed E-state index contributed by atoms with van der Waals surface area (Å²) in [6.07, 6.45) is 0.315. The van der Waals surface area contributed by atoms with Crippen LogP contribution in [0.25, 0.3) is 0 Å². The third-order valence-electron chi connectivity index (χ3n) is 5.77. The minimum atomic E-state index is -3.36. The van der Waals surface area contributed by atoms with Crippen LogP contribution in [0, 0.1) is 0 Å². The first-order valence-corrected chi connectivity index (χ1v) is 13.7. The van der Waals surface area contributed by atoms with Crippen molar-refractivity contribution in [3.05, 3.63) is 83.9 Å². The SMILES string of the molecule is CN(c1ccc(OCC(O)CN(CCOc2ccc(O)c(C(N)=O)c2)Cc2ccccc2)cc1)S(C)(=O)=O. The Morgan fingerprint density at radius 3 is 2.29 bits per heavy atom. The number of nitrogens with two attached hydrogens (primary N) is 1. The molecule has 0 spiro atoms. The molecule has 10 nitrogen and oxygen atoms in total. The van der Waals surface area contributed by atoms with E-state index in [0.29, 0.717) is 36.8 Å². The molecular formula is C27H33N3O7S. The molecule has 0 aliphatic carbocycles. The average molecular weight is 544 g/mol. The second-order valence-electron chi connectivity index (χ2n) is 8.80. The predicted molar refractivity (Wildman–Crippen MR) is 145 cm³/mol. The highest BCUT2D eigenvalue weighted by molar-refractivity contribution is 7.92. The molecular weight excluding hydrogens is 510 g/mol. The zero-order chi connectivity index (χ0) is 27.7. The summed E-state index contributed by atoms with van der Waals surface area (Å²) in [5.74, 6) is -0.0649. The number of carbonyl (C=O) groups is 1. The van der Waals surface area contributed by atoms with E-state index in [-0.39, 0.29) is 24.5 Å². The van der Waals surface area contributed by atoms with Gasteiger partial charge in [0.25, 0.3) is 5.91 Å². The van der Waals surface area contributed by atoms with E-state index < -0.39 is 22.0 Å². The number of aliphatic hydroxyl groups excluding tert-OH is 1. The quantitative estimate of drug-likeness (QED) is 0.281. The van der Waals surface area contributed by atoms with Crippen LogP contribution in [-0.2, 0) is 16.6 Å². The van der Waals surface area contributed by atoms with Crippen LogP contribution in [0.1, 0.15) is 15.9 Å². The molecule has 3 aromatic carbocycles. The summed E-state index contributed by atoms with van der Waals surface area (Å²) in [7, 11) is -1.89. The number of amides is 1. The number of phenols is 1. The minimum Gasteiger partial charge on any atom is -0.507 e. The number of rotatable bonds is 14. The Balaban J connectivity index is 1.57. The van der Waals surface area contributed by atoms with E-state index in [1.54, 1.807) is 30.3 Å². The maximum absolute atomic E-state index is 11.7. The Hall–Kier alpha value is -3.80. The van der Waals surface area contributed by atoms with Crippen molar-refractivity contribution in [2.45, 2.75) is 12.6 Å². The summed E-state index contributed by atoms with van der Waals surface area (Å²) in [6, 6.07) is 20.6. The zero-order valence-corrected chi connectivity index (χ0v) is 22.2. The molecule has 0 aliphatic rings. The summed E-state index contributed by atoms with van der Waals surface area (Å²) < 4.78 is 36.0. The number of aromatic hydroxyl groups is 1. The summed E-state index contributed by atoms with van der Waals surface area (Å²) in [6.45, 7) is 1.63. The molecule has 1 amide bonds. The lowest BCUT2D eigenvalue weighted by Crippen LogP contribution is -2.37. The average Bonchev–Trinajstić information content (AvgIpc) is 2.88. The summed E-state index contributed by atoms with van der Waals surface area (Å²) in [5, 5.41) is 20.4. The first kappa shape index (κ1) is 28.8. The highest BCUT2D eigenvalue weighted by Crippen LogP contribution is 2.23. The number of benzene rings is 3. The molecule has 38 heavy (non-hydrogen) atoms. The lowest BCUT2D eigenvalue weighted by molar-refractivity contribution is 0.0605. The van der Waals surface area contributed by atoms with Gasteiger partial charge in [0.05, 0.1) is 17.5 Å². The number of ether oxygens (including phenoxy) is 2. The van der Waals surface area contributed by atoms with Gasteiger partial charge < -0.3 is 25.4 Å². The van der Waals surface area contributed by atoms with Crippen LogP contribution < -0.4 is 19.5 Å². The lowest BCUT2D eigenvalue weighted by atomic mass is 10.2. The van der Waals surface area contributed by atoms with Gasteiger partial charge in [-0.2, -0.15) is 0 Å². The maximum atomic E-state index is 11.7. The second kappa shape index (κ2) is 13.1. The normalized spacial score (nSPS) is 12.2. The summed E-state index contributed by atoms with van der Waals surface area (Å²) in [4.78, 5) is 13.5. The smallest absolute Gasteiger partial charge is 0.252 e. The van der Waals surface area contributed by atoms with E-state index >= 15 is 0 Å². The molecule has 1 atom stereocenters. The standard InChI is InChI=1S/C27H33N3O7S/c1-29(38(2,34)35)21-8-10-23(11-9-21)37-19-22(31)18-30(17-20-6-4-3-5-7-20)14-15-36-24-12-13-26(32)25(16-24)27(28)33/h3-13,16,22,31-32H,14-15,17-19H2,1-2H3,(H2,28,33). The van der Waals surface area contributed by atoms with Gasteiger partial charge in [0.2, 0.25) is 10.0 Å². The van der Waals surface area contributed by atoms with Crippen LogP contribution in [0.2, 0.25) is 0 Å². The van der Waals surface area contributed by atoms with Gasteiger partial charge in [0.1, 0.15) is 36.6 Å². The van der Waals surface area contributed by atoms with Gasteiger partial charge in [0.15, 0.2) is 0 Å². The van der Waals surface area contributed by atoms with Gasteiger partial charge in [0, 0.05) is 26.7 Å². The number of hydrogen-bond acceptors (Lipinski definition) is 8. The van der Waals surface area contributed by atoms with Crippen LogP contribution in [0.3, 0.4) is 0 Å². The maximum Gasteiger partial charge on any atom is 0.252 e. The number of primary amides is 1. The first-order chi connectivity index (χ1) is 18.0. The lowest BCUT2D eigenvalue weighted by Gasteiger charge is -2.25. The molecule has 3 aromatic rings. The molecule has 11 heteroatoms. The van der Waals surface area contributed by atoms with Gasteiger partial charge >= 0.3 is 0 Å². The van der Waals surface area contributed by atoms with E-state index in [4.69, 9.17) is 15.2 Å². The number of nitrogens with zero attached hydrogens (tertiary/aromatic N) is 2. The third-order valence-corrected chi connectivity index (χ3v) is 6.97. The molecule has 3 rings (SSSR count). The van der Waals surface area contributed by atoms with E-state index in [1.807, 2.05) is 35.2 Å². The third kappa shape index (κ3) is 8.65. The Kier molecular flexibility index (Phi) is 9.94. The van der Waals surface area contributed by atoms with Crippen LogP contribution in [0.5, 0.6) is 17.2 Å². The Morgan fingerprint density at radius 1 is 1.00 bits per heavy atom. The molecule has 0 saturated heterocycles. The Morgan fingerprint density at radius 2 is 1.66 bits per heavy atom. The number of hydrogen-bond donors (Lipinski definition) is 3. The van der Waals surface area contributed by atoms with Gasteiger partial charge in [-0.25, -0.2) is 8.42 Å². The van der Waals surface area contributed by atoms with Gasteiger partial charge in [-0.1, -0.05) is 30.3 Å². The van der Waals surface area contributed by atoms with Crippen molar-refractivity contribution in [1.82, 2.24) is 4.90 Å². The minimum absolute atomic E-state index is 0.0211. The number of sulfonamides is 1. The fourth-order valence-corrected chi connectivity index (χ4v) is 4.16. The van der Waals surface area contributed by atoms with Gasteiger partial charge in [-0.3, -0.25) is 14.0 Å². The molecule has 0 radical (unpaired) electrons. The molecule has 0 fully saturated rings. The predicted octanol–water partition coefficient (Wildman–Crippen LogP) is 2.21. The zero-order valence-electron chi connectivity index (χ0n) is 21.4. The molecule has 0 aromatic heterocycles. The van der Waals surface area contributed by atoms with Crippen molar-refractivity contribution in [3.63, 3.8) is 0 Å². The highest BCUT2D eigenvalue weighted by Gasteiger charge is 2.16. The molecule has 204 valence electrons. The van der Waals surface area contributed by atoms with E-state index in [0.717, 1.165) is 11.8 Å². The fraction of sp³-hybridized carbons (Fsp3) is 0.296. The highest BCUT2D eigenvalue weighted by atomic mass is 32.2. The van der Waals surface area contributed by atoms with Crippen LogP contribution in [-0.4, -0.2) is 75.1 Å². The van der Waals surface area contributed by atoms with Crippen molar-refractivity contribution in [3.8, 4) is 17.2 Å². The molecule has 1 unspecified atom stereocenters. The van der Waals surface area contributed by atoms with Crippen LogP contribution in [0.15, 0.2) is 72.8 Å². The number of anilines is 1. The van der Waals surface area contributed by atoms with Crippen molar-refractivity contribution in [1.29, 1.82) is 0 Å². The van der Waals surface area contributed by atoms with Crippen LogP contribution in [0.4, 0.5) is 5.69 Å². The van der Waals surface area contributed by atoms with E-state index in [9.17, 15) is 23.4 Å². The largest absolute Gasteiger partial charge is 0.507 e. The fourth-order valence-electron chi connectivity index (χ4n) is 3.66. The molecule has 0 aliphatic heterocycles. The van der Waals surface area contributed by atoms with Crippen molar-refractivity contribution in [2.24, 2.45) is 5.73 Å². The van der Waals surface area contributed by atoms with E-state index in [2.05, 4.69) is 0 Å². The van der Waals surface area contributed by atoms with Crippen LogP contribution >= 0.6 is 0 Å². The van der Waals surface area contributed by atoms with Gasteiger partial charge in [-0.05, 0) is 48.0 Å². The molecule has 4 N–H and O–H groups in total. The topological polar surface area (TPSA) is 143 Å². The molecule has 0 bridgehead atoms. The monoisotopic (exact) mass is 543 g/mol. The van der Waals surface area contributed by atoms with Crippen molar-refractivity contribution >= 4 is 21.6 Å². The summed E-state index contributed by atoms with van der Waals surface area (Å²) >= 11 is 0. The first-order valence-electron chi connectivity index (χ1n) is 11.9. The number of aliphatic hydroxyl groups is 1. The van der Waals surface area contributed by atoms with E-state index in [1.165, 1.54) is 23.5 Å². The van der Waals surface area contributed by atoms with Crippen molar-refractivity contribution in [2.75, 3.05) is 43.9 Å². The molecule has 0 saturated carbocycles. The Labute approximate surface area is 222 Å². The van der Waals surface area contributed by atoms with Gasteiger partial charge in [-0.15, -0.1) is 0 Å². The number of carbonyl (C=O) groups excluding carboxylic acids is 1. The second-order valence-corrected chi connectivity index (χ2v) is 10.8. The molecule has 0 heterocycles. The Bertz CT molecular complexity index is 1300. The summed E-state index contributed by atoms with van der Waals surface area (Å²) in [5.41, 5.74) is 6.83. The van der Waals surface area contributed by atoms with Crippen molar-refractivity contribution < 1.29 is 32.9 Å².